The molecule has 0 atom stereocenters. The summed E-state index contributed by atoms with van der Waals surface area (Å²) < 4.78 is 0. The van der Waals surface area contributed by atoms with Crippen molar-refractivity contribution in [3.8, 4) is 0 Å². The fourth-order valence-corrected chi connectivity index (χ4v) is 1.50. The lowest BCUT2D eigenvalue weighted by Gasteiger charge is -2.07. The number of rotatable bonds is 3. The molecule has 0 unspecified atom stereocenters. The third-order valence-electron chi connectivity index (χ3n) is 1.56. The third kappa shape index (κ3) is 3.47. The molecule has 0 heterocycles. The van der Waals surface area contributed by atoms with Crippen molar-refractivity contribution >= 4 is 46.4 Å². The zero-order valence-electron chi connectivity index (χ0n) is 7.75. The highest BCUT2D eigenvalue weighted by atomic mass is 35.5. The fraction of sp³-hybridized carbons (Fsp3) is 0.125. The first-order valence-corrected chi connectivity index (χ1v) is 5.13. The molecule has 1 aromatic rings. The summed E-state index contributed by atoms with van der Waals surface area (Å²) in [7, 11) is 0. The van der Waals surface area contributed by atoms with E-state index in [9.17, 15) is 4.79 Å². The summed E-state index contributed by atoms with van der Waals surface area (Å²) in [6, 6.07) is 2.83. The van der Waals surface area contributed by atoms with E-state index in [1.165, 1.54) is 12.1 Å². The number of nitrogens with zero attached hydrogens (tertiary/aromatic N) is 3. The second-order valence-corrected chi connectivity index (χ2v) is 3.90. The Bertz CT molecular complexity index is 471. The van der Waals surface area contributed by atoms with Gasteiger partial charge in [0.1, 0.15) is 6.54 Å². The molecule has 0 fully saturated rings. The lowest BCUT2D eigenvalue weighted by molar-refractivity contribution is -0.114. The second kappa shape index (κ2) is 5.82. The molecule has 0 aliphatic heterocycles. The van der Waals surface area contributed by atoms with Crippen LogP contribution in [0.15, 0.2) is 17.2 Å². The molecule has 1 aromatic carbocycles. The molecule has 0 aliphatic carbocycles. The highest BCUT2D eigenvalue weighted by Crippen LogP contribution is 2.32. The molecule has 0 spiro atoms. The Labute approximate surface area is 106 Å². The quantitative estimate of drug-likeness (QED) is 0.387. The maximum atomic E-state index is 11.2. The van der Waals surface area contributed by atoms with Gasteiger partial charge in [-0.2, -0.15) is 0 Å². The summed E-state index contributed by atoms with van der Waals surface area (Å²) in [5.41, 5.74) is 8.34. The molecule has 0 bridgehead atoms. The summed E-state index contributed by atoms with van der Waals surface area (Å²) in [6.45, 7) is -0.312. The fourth-order valence-electron chi connectivity index (χ4n) is 0.904. The Morgan fingerprint density at radius 1 is 1.31 bits per heavy atom. The molecule has 0 saturated heterocycles. The molecule has 1 rings (SSSR count). The number of carbonyl (C=O) groups is 1. The molecular formula is C8H5Cl3N4O. The average Bonchev–Trinajstić information content (AvgIpc) is 2.23. The van der Waals surface area contributed by atoms with Gasteiger partial charge in [-0.3, -0.25) is 4.79 Å². The second-order valence-electron chi connectivity index (χ2n) is 2.68. The zero-order valence-corrected chi connectivity index (χ0v) is 10.0. The predicted molar refractivity (Wildman–Crippen MR) is 64.1 cm³/mol. The van der Waals surface area contributed by atoms with E-state index in [1.54, 1.807) is 0 Å². The minimum atomic E-state index is -0.488. The Hall–Kier alpha value is -1.13. The SMILES string of the molecule is [N-]=[N+]=NCC(=O)Nc1cc(Cl)c(Cl)cc1Cl. The molecule has 84 valence electrons. The van der Waals surface area contributed by atoms with Crippen molar-refractivity contribution in [3.63, 3.8) is 0 Å². The van der Waals surface area contributed by atoms with Crippen LogP contribution in [0.25, 0.3) is 10.4 Å². The molecular weight excluding hydrogens is 274 g/mol. The van der Waals surface area contributed by atoms with Gasteiger partial charge in [-0.15, -0.1) is 0 Å². The Balaban J connectivity index is 2.85. The van der Waals surface area contributed by atoms with Crippen LogP contribution in [0.3, 0.4) is 0 Å². The van der Waals surface area contributed by atoms with Crippen LogP contribution in [0.2, 0.25) is 15.1 Å². The maximum absolute atomic E-state index is 11.2. The predicted octanol–water partition coefficient (Wildman–Crippen LogP) is 3.90. The highest BCUT2D eigenvalue weighted by molar-refractivity contribution is 6.44. The average molecular weight is 280 g/mol. The molecule has 8 heteroatoms. The van der Waals surface area contributed by atoms with Gasteiger partial charge < -0.3 is 5.32 Å². The molecule has 1 amide bonds. The van der Waals surface area contributed by atoms with Crippen molar-refractivity contribution in [1.82, 2.24) is 0 Å². The number of carbonyl (C=O) groups excluding carboxylic acids is 1. The van der Waals surface area contributed by atoms with Crippen LogP contribution in [0.1, 0.15) is 0 Å². The third-order valence-corrected chi connectivity index (χ3v) is 2.60. The van der Waals surface area contributed by atoms with Crippen LogP contribution < -0.4 is 5.32 Å². The van der Waals surface area contributed by atoms with Crippen LogP contribution in [0.4, 0.5) is 5.69 Å². The van der Waals surface area contributed by atoms with Gasteiger partial charge in [0.15, 0.2) is 0 Å². The van der Waals surface area contributed by atoms with Gasteiger partial charge in [0.05, 0.1) is 20.8 Å². The van der Waals surface area contributed by atoms with Gasteiger partial charge in [0.2, 0.25) is 5.91 Å². The van der Waals surface area contributed by atoms with Gasteiger partial charge in [-0.25, -0.2) is 0 Å². The van der Waals surface area contributed by atoms with Crippen molar-refractivity contribution in [1.29, 1.82) is 0 Å². The molecule has 16 heavy (non-hydrogen) atoms. The number of anilines is 1. The normalized spacial score (nSPS) is 9.44. The summed E-state index contributed by atoms with van der Waals surface area (Å²) >= 11 is 17.3. The molecule has 0 aromatic heterocycles. The Kier molecular flexibility index (Phi) is 4.71. The summed E-state index contributed by atoms with van der Waals surface area (Å²) in [4.78, 5) is 13.7. The van der Waals surface area contributed by atoms with Crippen LogP contribution in [0, 0.1) is 0 Å². The van der Waals surface area contributed by atoms with Gasteiger partial charge in [0, 0.05) is 4.91 Å². The maximum Gasteiger partial charge on any atom is 0.230 e. The highest BCUT2D eigenvalue weighted by Gasteiger charge is 2.08. The van der Waals surface area contributed by atoms with E-state index in [0.717, 1.165) is 0 Å². The van der Waals surface area contributed by atoms with E-state index in [-0.39, 0.29) is 16.6 Å². The molecule has 0 radical (unpaired) electrons. The minimum Gasteiger partial charge on any atom is -0.325 e. The van der Waals surface area contributed by atoms with Crippen LogP contribution in [0.5, 0.6) is 0 Å². The topological polar surface area (TPSA) is 77.9 Å². The monoisotopic (exact) mass is 278 g/mol. The van der Waals surface area contributed by atoms with Gasteiger partial charge in [-0.1, -0.05) is 39.9 Å². The largest absolute Gasteiger partial charge is 0.325 e. The molecule has 0 saturated carbocycles. The van der Waals surface area contributed by atoms with Crippen molar-refractivity contribution in [3.05, 3.63) is 37.6 Å². The molecule has 1 N–H and O–H groups in total. The van der Waals surface area contributed by atoms with Gasteiger partial charge in [-0.05, 0) is 17.7 Å². The lowest BCUT2D eigenvalue weighted by Crippen LogP contribution is -2.14. The van der Waals surface area contributed by atoms with Crippen molar-refractivity contribution in [2.24, 2.45) is 5.11 Å². The number of benzene rings is 1. The first-order valence-electron chi connectivity index (χ1n) is 4.00. The minimum absolute atomic E-state index is 0.253. The van der Waals surface area contributed by atoms with E-state index in [1.807, 2.05) is 0 Å². The van der Waals surface area contributed by atoms with E-state index in [2.05, 4.69) is 15.3 Å². The first kappa shape index (κ1) is 12.9. The van der Waals surface area contributed by atoms with Crippen LogP contribution in [-0.4, -0.2) is 12.5 Å². The van der Waals surface area contributed by atoms with Crippen molar-refractivity contribution in [2.75, 3.05) is 11.9 Å². The lowest BCUT2D eigenvalue weighted by atomic mass is 10.3. The van der Waals surface area contributed by atoms with Crippen molar-refractivity contribution in [2.45, 2.75) is 0 Å². The molecule has 5 nitrogen and oxygen atoms in total. The Morgan fingerprint density at radius 2 is 1.94 bits per heavy atom. The zero-order chi connectivity index (χ0) is 12.1. The van der Waals surface area contributed by atoms with E-state index >= 15 is 0 Å². The summed E-state index contributed by atoms with van der Waals surface area (Å²) in [6.07, 6.45) is 0. The smallest absolute Gasteiger partial charge is 0.230 e. The number of amides is 1. The van der Waals surface area contributed by atoms with Gasteiger partial charge in [0.25, 0.3) is 0 Å². The van der Waals surface area contributed by atoms with Crippen molar-refractivity contribution < 1.29 is 4.79 Å². The van der Waals surface area contributed by atoms with E-state index in [4.69, 9.17) is 40.3 Å². The van der Waals surface area contributed by atoms with Crippen LogP contribution >= 0.6 is 34.8 Å². The first-order chi connectivity index (χ1) is 7.54. The molecule has 0 aliphatic rings. The number of hydrogen-bond donors (Lipinski definition) is 1. The number of nitrogens with one attached hydrogen (secondary N) is 1. The summed E-state index contributed by atoms with van der Waals surface area (Å²) in [5, 5.41) is 6.35. The van der Waals surface area contributed by atoms with Gasteiger partial charge >= 0.3 is 0 Å². The number of halogens is 3. The Morgan fingerprint density at radius 3 is 2.56 bits per heavy atom. The number of hydrogen-bond acceptors (Lipinski definition) is 2. The van der Waals surface area contributed by atoms with E-state index < -0.39 is 5.91 Å². The van der Waals surface area contributed by atoms with Crippen LogP contribution in [-0.2, 0) is 4.79 Å². The number of azide groups is 1. The summed E-state index contributed by atoms with van der Waals surface area (Å²) in [5.74, 6) is -0.488. The van der Waals surface area contributed by atoms with E-state index in [0.29, 0.717) is 10.7 Å². The standard InChI is InChI=1S/C8H5Cl3N4O/c9-4-1-6(11)7(2-5(4)10)14-8(16)3-13-15-12/h1-2H,3H2,(H,14,16).